The van der Waals surface area contributed by atoms with Crippen molar-refractivity contribution in [2.45, 2.75) is 24.8 Å². The second-order valence-corrected chi connectivity index (χ2v) is 4.52. The van der Waals surface area contributed by atoms with E-state index in [1.54, 1.807) is 25.1 Å². The zero-order valence-corrected chi connectivity index (χ0v) is 11.3. The number of ether oxygens (including phenoxy) is 2. The van der Waals surface area contributed by atoms with Crippen molar-refractivity contribution in [3.05, 3.63) is 29.8 Å². The van der Waals surface area contributed by atoms with Crippen LogP contribution in [0, 0.1) is 0 Å². The molecule has 0 aliphatic heterocycles. The van der Waals surface area contributed by atoms with Crippen LogP contribution in [0.5, 0.6) is 5.75 Å². The number of para-hydroxylation sites is 1. The fourth-order valence-electron chi connectivity index (χ4n) is 1.39. The Hall–Kier alpha value is -1.17. The van der Waals surface area contributed by atoms with E-state index in [9.17, 15) is 13.6 Å². The number of rotatable bonds is 6. The lowest BCUT2D eigenvalue weighted by atomic mass is 10.1. The van der Waals surface area contributed by atoms with Gasteiger partial charge in [0.2, 0.25) is 0 Å². The van der Waals surface area contributed by atoms with Gasteiger partial charge in [0, 0.05) is 0 Å². The van der Waals surface area contributed by atoms with Crippen LogP contribution in [0.3, 0.4) is 0 Å². The lowest BCUT2D eigenvalue weighted by molar-refractivity contribution is -0.142. The maximum atomic E-state index is 12.2. The summed E-state index contributed by atoms with van der Waals surface area (Å²) >= 11 is 3.16. The van der Waals surface area contributed by atoms with Crippen molar-refractivity contribution in [3.8, 4) is 5.75 Å². The zero-order chi connectivity index (χ0) is 13.5. The number of hydrogen-bond donors (Lipinski definition) is 0. The highest BCUT2D eigenvalue weighted by Gasteiger charge is 2.19. The van der Waals surface area contributed by atoms with E-state index in [4.69, 9.17) is 4.74 Å². The van der Waals surface area contributed by atoms with Gasteiger partial charge in [-0.25, -0.2) is 0 Å². The summed E-state index contributed by atoms with van der Waals surface area (Å²) in [6, 6.07) is 6.35. The van der Waals surface area contributed by atoms with Crippen LogP contribution < -0.4 is 4.74 Å². The smallest absolute Gasteiger partial charge is 0.387 e. The van der Waals surface area contributed by atoms with Crippen LogP contribution in [0.2, 0.25) is 0 Å². The number of benzene rings is 1. The second-order valence-electron chi connectivity index (χ2n) is 3.41. The summed E-state index contributed by atoms with van der Waals surface area (Å²) in [4.78, 5) is 10.8. The predicted molar refractivity (Wildman–Crippen MR) is 66.1 cm³/mol. The first kappa shape index (κ1) is 14.9. The van der Waals surface area contributed by atoms with Gasteiger partial charge in [-0.2, -0.15) is 8.78 Å². The SMILES string of the molecule is CCOC(=O)C(Br)Cc1ccccc1OC(F)F. The van der Waals surface area contributed by atoms with Gasteiger partial charge in [0.15, 0.2) is 0 Å². The Kier molecular flexibility index (Phi) is 6.04. The van der Waals surface area contributed by atoms with Crippen molar-refractivity contribution in [1.82, 2.24) is 0 Å². The first-order valence-corrected chi connectivity index (χ1v) is 6.29. The molecule has 1 aromatic rings. The van der Waals surface area contributed by atoms with Crippen LogP contribution in [0.1, 0.15) is 12.5 Å². The van der Waals surface area contributed by atoms with Crippen molar-refractivity contribution < 1.29 is 23.0 Å². The summed E-state index contributed by atoms with van der Waals surface area (Å²) in [7, 11) is 0. The topological polar surface area (TPSA) is 35.5 Å². The van der Waals surface area contributed by atoms with Crippen LogP contribution in [-0.2, 0) is 16.0 Å². The largest absolute Gasteiger partial charge is 0.465 e. The van der Waals surface area contributed by atoms with Crippen LogP contribution >= 0.6 is 15.9 Å². The fourth-order valence-corrected chi connectivity index (χ4v) is 1.87. The lowest BCUT2D eigenvalue weighted by Gasteiger charge is -2.13. The standard InChI is InChI=1S/C12H13BrF2O3/c1-2-17-11(16)9(13)7-8-5-3-4-6-10(8)18-12(14)15/h3-6,9,12H,2,7H2,1H3. The van der Waals surface area contributed by atoms with Gasteiger partial charge in [0.25, 0.3) is 0 Å². The van der Waals surface area contributed by atoms with Gasteiger partial charge >= 0.3 is 12.6 Å². The summed E-state index contributed by atoms with van der Waals surface area (Å²) in [6.07, 6.45) is 0.224. The minimum absolute atomic E-state index is 0.0706. The molecule has 0 fully saturated rings. The fraction of sp³-hybridized carbons (Fsp3) is 0.417. The van der Waals surface area contributed by atoms with E-state index < -0.39 is 17.4 Å². The van der Waals surface area contributed by atoms with Crippen molar-refractivity contribution in [2.75, 3.05) is 6.61 Å². The van der Waals surface area contributed by atoms with Crippen LogP contribution in [0.25, 0.3) is 0 Å². The van der Waals surface area contributed by atoms with Crippen molar-refractivity contribution >= 4 is 21.9 Å². The van der Waals surface area contributed by atoms with Gasteiger partial charge in [-0.3, -0.25) is 4.79 Å². The molecule has 1 aromatic carbocycles. The number of hydrogen-bond acceptors (Lipinski definition) is 3. The molecule has 0 saturated carbocycles. The Morgan fingerprint density at radius 1 is 1.39 bits per heavy atom. The molecule has 1 atom stereocenters. The molecule has 0 aliphatic carbocycles. The molecule has 0 heterocycles. The maximum Gasteiger partial charge on any atom is 0.387 e. The number of carbonyl (C=O) groups is 1. The van der Waals surface area contributed by atoms with Gasteiger partial charge in [-0.1, -0.05) is 34.1 Å². The molecule has 3 nitrogen and oxygen atoms in total. The van der Waals surface area contributed by atoms with Crippen molar-refractivity contribution in [2.24, 2.45) is 0 Å². The van der Waals surface area contributed by atoms with Gasteiger partial charge in [-0.15, -0.1) is 0 Å². The molecule has 0 spiro atoms. The number of carbonyl (C=O) groups excluding carboxylic acids is 1. The van der Waals surface area contributed by atoms with Crippen LogP contribution in [0.15, 0.2) is 24.3 Å². The number of esters is 1. The molecule has 1 unspecified atom stereocenters. The molecule has 0 aliphatic rings. The first-order valence-electron chi connectivity index (χ1n) is 5.38. The first-order chi connectivity index (χ1) is 8.54. The summed E-state index contributed by atoms with van der Waals surface area (Å²) in [5.74, 6) is -0.356. The molecule has 0 amide bonds. The van der Waals surface area contributed by atoms with E-state index in [-0.39, 0.29) is 18.8 Å². The summed E-state index contributed by atoms with van der Waals surface area (Å²) in [5, 5.41) is 0. The highest BCUT2D eigenvalue weighted by molar-refractivity contribution is 9.10. The van der Waals surface area contributed by atoms with E-state index >= 15 is 0 Å². The molecule has 0 aromatic heterocycles. The van der Waals surface area contributed by atoms with Crippen LogP contribution in [0.4, 0.5) is 8.78 Å². The molecule has 1 rings (SSSR count). The maximum absolute atomic E-state index is 12.2. The molecule has 18 heavy (non-hydrogen) atoms. The summed E-state index contributed by atoms with van der Waals surface area (Å²) in [5.41, 5.74) is 0.521. The second kappa shape index (κ2) is 7.31. The Morgan fingerprint density at radius 3 is 2.67 bits per heavy atom. The number of halogens is 3. The van der Waals surface area contributed by atoms with Gasteiger partial charge in [0.05, 0.1) is 6.61 Å². The van der Waals surface area contributed by atoms with E-state index in [2.05, 4.69) is 20.7 Å². The van der Waals surface area contributed by atoms with Gasteiger partial charge in [-0.05, 0) is 25.0 Å². The highest BCUT2D eigenvalue weighted by Crippen LogP contribution is 2.23. The molecular weight excluding hydrogens is 310 g/mol. The molecule has 0 N–H and O–H groups in total. The van der Waals surface area contributed by atoms with Crippen molar-refractivity contribution in [1.29, 1.82) is 0 Å². The highest BCUT2D eigenvalue weighted by atomic mass is 79.9. The third kappa shape index (κ3) is 4.60. The Balaban J connectivity index is 2.74. The molecule has 0 bridgehead atoms. The zero-order valence-electron chi connectivity index (χ0n) is 9.74. The van der Waals surface area contributed by atoms with Crippen LogP contribution in [-0.4, -0.2) is 24.0 Å². The molecule has 6 heteroatoms. The number of alkyl halides is 3. The van der Waals surface area contributed by atoms with E-state index in [0.29, 0.717) is 5.56 Å². The predicted octanol–water partition coefficient (Wildman–Crippen LogP) is 3.16. The molecule has 0 radical (unpaired) electrons. The molecule has 100 valence electrons. The van der Waals surface area contributed by atoms with Gasteiger partial charge < -0.3 is 9.47 Å². The summed E-state index contributed by atoms with van der Waals surface area (Å²) in [6.45, 7) is -0.913. The third-order valence-corrected chi connectivity index (χ3v) is 2.83. The minimum Gasteiger partial charge on any atom is -0.465 e. The Bertz CT molecular complexity index is 399. The van der Waals surface area contributed by atoms with E-state index in [1.807, 2.05) is 0 Å². The minimum atomic E-state index is -2.89. The van der Waals surface area contributed by atoms with Gasteiger partial charge in [0.1, 0.15) is 10.6 Å². The lowest BCUT2D eigenvalue weighted by Crippen LogP contribution is -2.20. The average molecular weight is 323 g/mol. The monoisotopic (exact) mass is 322 g/mol. The Morgan fingerprint density at radius 2 is 2.06 bits per heavy atom. The third-order valence-electron chi connectivity index (χ3n) is 2.13. The average Bonchev–Trinajstić information content (AvgIpc) is 2.31. The summed E-state index contributed by atoms with van der Waals surface area (Å²) < 4.78 is 33.6. The van der Waals surface area contributed by atoms with Crippen molar-refractivity contribution in [3.63, 3.8) is 0 Å². The normalized spacial score (nSPS) is 12.3. The quantitative estimate of drug-likeness (QED) is 0.596. The van der Waals surface area contributed by atoms with E-state index in [1.165, 1.54) is 6.07 Å². The Labute approximate surface area is 112 Å². The molecular formula is C12H13BrF2O3. The van der Waals surface area contributed by atoms with E-state index in [0.717, 1.165) is 0 Å². The molecule has 0 saturated heterocycles.